The molecule has 0 aliphatic heterocycles. The molecule has 2 aromatic carbocycles. The lowest BCUT2D eigenvalue weighted by Gasteiger charge is -2.19. The Bertz CT molecular complexity index is 913. The first-order valence-corrected chi connectivity index (χ1v) is 9.61. The molecular weight excluding hydrogens is 368 g/mol. The summed E-state index contributed by atoms with van der Waals surface area (Å²) in [6.45, 7) is 5.98. The van der Waals surface area contributed by atoms with Crippen molar-refractivity contribution in [1.29, 1.82) is 0 Å². The zero-order chi connectivity index (χ0) is 21.0. The highest BCUT2D eigenvalue weighted by Crippen LogP contribution is 2.47. The van der Waals surface area contributed by atoms with Crippen molar-refractivity contribution in [3.05, 3.63) is 65.2 Å². The normalized spacial score (nSPS) is 18.4. The summed E-state index contributed by atoms with van der Waals surface area (Å²) in [5, 5.41) is 14.6. The lowest BCUT2D eigenvalue weighted by atomic mass is 9.86. The Morgan fingerprint density at radius 3 is 2.52 bits per heavy atom. The summed E-state index contributed by atoms with van der Waals surface area (Å²) in [4.78, 5) is 22.9. The quantitative estimate of drug-likeness (QED) is 0.578. The van der Waals surface area contributed by atoms with Crippen molar-refractivity contribution < 1.29 is 19.4 Å². The van der Waals surface area contributed by atoms with Gasteiger partial charge in [-0.1, -0.05) is 57.2 Å². The van der Waals surface area contributed by atoms with Crippen molar-refractivity contribution in [3.63, 3.8) is 0 Å². The number of amides is 1. The Kier molecular flexibility index (Phi) is 6.01. The highest BCUT2D eigenvalue weighted by molar-refractivity contribution is 5.87. The van der Waals surface area contributed by atoms with Crippen LogP contribution in [0.25, 0.3) is 0 Å². The monoisotopic (exact) mass is 393 g/mol. The zero-order valence-corrected chi connectivity index (χ0v) is 16.8. The molecule has 1 amide bonds. The van der Waals surface area contributed by atoms with Crippen molar-refractivity contribution in [2.24, 2.45) is 11.0 Å². The van der Waals surface area contributed by atoms with Gasteiger partial charge in [0.25, 0.3) is 0 Å². The highest BCUT2D eigenvalue weighted by Gasteiger charge is 2.44. The molecule has 29 heavy (non-hydrogen) atoms. The van der Waals surface area contributed by atoms with E-state index in [1.165, 1.54) is 17.3 Å². The average Bonchev–Trinajstić information content (AvgIpc) is 3.47. The fourth-order valence-electron chi connectivity index (χ4n) is 3.19. The number of carboxylic acids is 1. The van der Waals surface area contributed by atoms with Crippen molar-refractivity contribution >= 4 is 18.1 Å². The molecule has 152 valence electrons. The van der Waals surface area contributed by atoms with Gasteiger partial charge in [-0.15, -0.1) is 0 Å². The van der Waals surface area contributed by atoms with E-state index in [4.69, 9.17) is 4.74 Å². The second-order valence-electron chi connectivity index (χ2n) is 8.25. The van der Waals surface area contributed by atoms with Crippen molar-refractivity contribution in [3.8, 4) is 5.75 Å². The summed E-state index contributed by atoms with van der Waals surface area (Å²) in [5.74, 6) is -0.937. The topological polar surface area (TPSA) is 90.8 Å². The minimum Gasteiger partial charge on any atom is -0.546 e. The van der Waals surface area contributed by atoms with Gasteiger partial charge in [0.15, 0.2) is 0 Å². The number of ether oxygens (including phenoxy) is 1. The van der Waals surface area contributed by atoms with Crippen LogP contribution in [0.15, 0.2) is 53.6 Å². The summed E-state index contributed by atoms with van der Waals surface area (Å²) in [7, 11) is 0. The number of benzene rings is 2. The molecule has 3 rings (SSSR count). The molecule has 0 heterocycles. The molecule has 1 fully saturated rings. The summed E-state index contributed by atoms with van der Waals surface area (Å²) >= 11 is 0. The van der Waals surface area contributed by atoms with E-state index >= 15 is 0 Å². The van der Waals surface area contributed by atoms with Crippen LogP contribution in [-0.2, 0) is 15.0 Å². The smallest absolute Gasteiger partial charge is 0.243 e. The van der Waals surface area contributed by atoms with Gasteiger partial charge >= 0.3 is 0 Å². The SMILES string of the molecule is CC(C)(C)c1ccc([C@H]2C[C@H]2C(=O)N/N=C\c2ccccc2OCC(=O)[O-])cc1. The van der Waals surface area contributed by atoms with Gasteiger partial charge in [-0.05, 0) is 41.0 Å². The van der Waals surface area contributed by atoms with Crippen LogP contribution in [0.1, 0.15) is 49.8 Å². The first-order chi connectivity index (χ1) is 13.8. The van der Waals surface area contributed by atoms with Gasteiger partial charge in [0.05, 0.1) is 12.2 Å². The van der Waals surface area contributed by atoms with Gasteiger partial charge in [0.1, 0.15) is 12.4 Å². The first kappa shape index (κ1) is 20.6. The summed E-state index contributed by atoms with van der Waals surface area (Å²) < 4.78 is 5.16. The van der Waals surface area contributed by atoms with Crippen molar-refractivity contribution in [2.75, 3.05) is 6.61 Å². The van der Waals surface area contributed by atoms with E-state index in [9.17, 15) is 14.7 Å². The van der Waals surface area contributed by atoms with Gasteiger partial charge in [-0.3, -0.25) is 4.79 Å². The van der Waals surface area contributed by atoms with Gasteiger partial charge in [-0.25, -0.2) is 5.43 Å². The second-order valence-corrected chi connectivity index (χ2v) is 8.25. The van der Waals surface area contributed by atoms with Gasteiger partial charge < -0.3 is 14.6 Å². The fourth-order valence-corrected chi connectivity index (χ4v) is 3.19. The van der Waals surface area contributed by atoms with Crippen LogP contribution >= 0.6 is 0 Å². The molecular formula is C23H25N2O4-. The van der Waals surface area contributed by atoms with E-state index < -0.39 is 12.6 Å². The van der Waals surface area contributed by atoms with E-state index in [2.05, 4.69) is 55.6 Å². The molecule has 6 heteroatoms. The van der Waals surface area contributed by atoms with Crippen molar-refractivity contribution in [1.82, 2.24) is 5.43 Å². The van der Waals surface area contributed by atoms with Gasteiger partial charge in [0.2, 0.25) is 5.91 Å². The number of carboxylic acid groups (broad SMARTS) is 1. The minimum absolute atomic E-state index is 0.0859. The van der Waals surface area contributed by atoms with Crippen molar-refractivity contribution in [2.45, 2.75) is 38.5 Å². The van der Waals surface area contributed by atoms with Gasteiger partial charge in [0, 0.05) is 11.5 Å². The van der Waals surface area contributed by atoms with E-state index in [0.717, 1.165) is 6.42 Å². The molecule has 0 bridgehead atoms. The number of carbonyl (C=O) groups excluding carboxylic acids is 2. The molecule has 0 aromatic heterocycles. The lowest BCUT2D eigenvalue weighted by Crippen LogP contribution is -2.29. The Balaban J connectivity index is 1.55. The fraction of sp³-hybridized carbons (Fsp3) is 0.348. The van der Waals surface area contributed by atoms with Crippen LogP contribution in [0.5, 0.6) is 5.75 Å². The van der Waals surface area contributed by atoms with Crippen LogP contribution in [0.2, 0.25) is 0 Å². The molecule has 1 aliphatic rings. The molecule has 6 nitrogen and oxygen atoms in total. The maximum Gasteiger partial charge on any atom is 0.243 e. The number of nitrogens with one attached hydrogen (secondary N) is 1. The van der Waals surface area contributed by atoms with Crippen LogP contribution < -0.4 is 15.3 Å². The van der Waals surface area contributed by atoms with Crippen LogP contribution in [0.3, 0.4) is 0 Å². The number of hydrogen-bond donors (Lipinski definition) is 1. The molecule has 0 saturated heterocycles. The number of hydrazone groups is 1. The zero-order valence-electron chi connectivity index (χ0n) is 16.8. The van der Waals surface area contributed by atoms with Gasteiger partial charge in [-0.2, -0.15) is 5.10 Å². The van der Waals surface area contributed by atoms with Crippen LogP contribution in [0.4, 0.5) is 0 Å². The lowest BCUT2D eigenvalue weighted by molar-refractivity contribution is -0.307. The molecule has 1 N–H and O–H groups in total. The number of hydrogen-bond acceptors (Lipinski definition) is 5. The van der Waals surface area contributed by atoms with E-state index in [1.54, 1.807) is 24.3 Å². The maximum absolute atomic E-state index is 12.4. The number of rotatable bonds is 7. The third-order valence-electron chi connectivity index (χ3n) is 4.97. The van der Waals surface area contributed by atoms with E-state index in [0.29, 0.717) is 11.3 Å². The largest absolute Gasteiger partial charge is 0.546 e. The molecule has 1 saturated carbocycles. The standard InChI is InChI=1S/C23H26N2O4/c1-23(2,3)17-10-8-15(9-11-17)18-12-19(18)22(28)25-24-13-16-6-4-5-7-20(16)29-14-21(26)27/h4-11,13,18-19H,12,14H2,1-3H3,(H,25,28)(H,26,27)/p-1/b24-13-/t18-,19-/m1/s1. The Hall–Kier alpha value is -3.15. The maximum atomic E-state index is 12.4. The van der Waals surface area contributed by atoms with E-state index in [-0.39, 0.29) is 23.2 Å². The number of aliphatic carboxylic acids is 1. The summed E-state index contributed by atoms with van der Waals surface area (Å²) in [6.07, 6.45) is 2.25. The Morgan fingerprint density at radius 1 is 1.17 bits per heavy atom. The number of para-hydroxylation sites is 1. The predicted molar refractivity (Wildman–Crippen MR) is 109 cm³/mol. The first-order valence-electron chi connectivity index (χ1n) is 9.61. The predicted octanol–water partition coefficient (Wildman–Crippen LogP) is 2.37. The molecule has 0 unspecified atom stereocenters. The third kappa shape index (κ3) is 5.44. The van der Waals surface area contributed by atoms with Crippen LogP contribution in [0, 0.1) is 5.92 Å². The summed E-state index contributed by atoms with van der Waals surface area (Å²) in [5.41, 5.74) is 5.68. The highest BCUT2D eigenvalue weighted by atomic mass is 16.5. The second kappa shape index (κ2) is 8.47. The molecule has 0 spiro atoms. The minimum atomic E-state index is -1.31. The molecule has 0 radical (unpaired) electrons. The Labute approximate surface area is 170 Å². The van der Waals surface area contributed by atoms with Crippen LogP contribution in [-0.4, -0.2) is 24.7 Å². The van der Waals surface area contributed by atoms with E-state index in [1.807, 2.05) is 0 Å². The average molecular weight is 393 g/mol. The third-order valence-corrected chi connectivity index (χ3v) is 4.97. The Morgan fingerprint density at radius 2 is 1.86 bits per heavy atom. The molecule has 2 aromatic rings. The number of carbonyl (C=O) groups is 2. The molecule has 2 atom stereocenters. The number of nitrogens with zero attached hydrogens (tertiary/aromatic N) is 1. The molecule has 1 aliphatic carbocycles. The summed E-state index contributed by atoms with van der Waals surface area (Å²) in [6, 6.07) is 15.3.